The minimum Gasteiger partial charge on any atom is -0.271 e. The van der Waals surface area contributed by atoms with Crippen LogP contribution in [0.1, 0.15) is 5.56 Å². The van der Waals surface area contributed by atoms with Crippen LogP contribution in [-0.4, -0.2) is 0 Å². The van der Waals surface area contributed by atoms with Crippen LogP contribution < -0.4 is 11.3 Å². The lowest BCUT2D eigenvalue weighted by Gasteiger charge is -1.97. The molecule has 1 aromatic rings. The number of rotatable bonds is 2. The van der Waals surface area contributed by atoms with Gasteiger partial charge in [0.25, 0.3) is 0 Å². The first kappa shape index (κ1) is 14.7. The number of benzene rings is 1. The quantitative estimate of drug-likeness (QED) is 0.641. The van der Waals surface area contributed by atoms with Crippen LogP contribution in [0.15, 0.2) is 28.7 Å². The molecule has 0 heterocycles. The van der Waals surface area contributed by atoms with Gasteiger partial charge >= 0.3 is 0 Å². The summed E-state index contributed by atoms with van der Waals surface area (Å²) < 4.78 is 1.09. The van der Waals surface area contributed by atoms with E-state index < -0.39 is 0 Å². The van der Waals surface area contributed by atoms with Gasteiger partial charge in [0, 0.05) is 11.0 Å². The molecule has 0 aromatic heterocycles. The largest absolute Gasteiger partial charge is 0.271 e. The van der Waals surface area contributed by atoms with E-state index in [4.69, 9.17) is 5.84 Å². The van der Waals surface area contributed by atoms with Gasteiger partial charge in [-0.1, -0.05) is 28.1 Å². The zero-order valence-electron chi connectivity index (χ0n) is 6.29. The van der Waals surface area contributed by atoms with Crippen molar-refractivity contribution in [1.82, 2.24) is 5.43 Å². The molecule has 70 valence electrons. The standard InChI is InChI=1S/C7H9BrN2.2ClH/c8-7-3-1-6(2-4-7)5-10-9;;/h1-4,10H,5,9H2;2*1H. The van der Waals surface area contributed by atoms with Crippen LogP contribution in [0.5, 0.6) is 0 Å². The molecule has 0 aliphatic rings. The summed E-state index contributed by atoms with van der Waals surface area (Å²) in [6.45, 7) is 0.716. The molecule has 1 rings (SSSR count). The van der Waals surface area contributed by atoms with Gasteiger partial charge in [-0.2, -0.15) is 0 Å². The Bertz CT molecular complexity index is 203. The SMILES string of the molecule is Cl.Cl.NNCc1ccc(Br)cc1. The van der Waals surface area contributed by atoms with Crippen LogP contribution in [-0.2, 0) is 6.54 Å². The van der Waals surface area contributed by atoms with E-state index in [0.29, 0.717) is 6.54 Å². The number of hydrogen-bond acceptors (Lipinski definition) is 2. The lowest BCUT2D eigenvalue weighted by Crippen LogP contribution is -2.20. The van der Waals surface area contributed by atoms with Crippen LogP contribution in [0.25, 0.3) is 0 Å². The molecule has 0 saturated heterocycles. The Morgan fingerprint density at radius 2 is 1.67 bits per heavy atom. The third-order valence-electron chi connectivity index (χ3n) is 1.22. The second kappa shape index (κ2) is 7.83. The average Bonchev–Trinajstić information content (AvgIpc) is 1.95. The highest BCUT2D eigenvalue weighted by atomic mass is 79.9. The third kappa shape index (κ3) is 4.95. The molecule has 0 atom stereocenters. The van der Waals surface area contributed by atoms with Gasteiger partial charge in [0.2, 0.25) is 0 Å². The number of nitrogens with two attached hydrogens (primary N) is 1. The molecule has 0 bridgehead atoms. The smallest absolute Gasteiger partial charge is 0.0348 e. The van der Waals surface area contributed by atoms with E-state index in [1.807, 2.05) is 24.3 Å². The van der Waals surface area contributed by atoms with Crippen molar-refractivity contribution in [3.63, 3.8) is 0 Å². The van der Waals surface area contributed by atoms with E-state index in [-0.39, 0.29) is 24.8 Å². The second-order valence-electron chi connectivity index (χ2n) is 2.01. The number of hydrogen-bond donors (Lipinski definition) is 2. The van der Waals surface area contributed by atoms with Gasteiger partial charge in [0.1, 0.15) is 0 Å². The summed E-state index contributed by atoms with van der Waals surface area (Å²) >= 11 is 3.34. The molecule has 12 heavy (non-hydrogen) atoms. The van der Waals surface area contributed by atoms with Gasteiger partial charge in [-0.15, -0.1) is 24.8 Å². The monoisotopic (exact) mass is 272 g/mol. The van der Waals surface area contributed by atoms with Crippen molar-refractivity contribution in [2.75, 3.05) is 0 Å². The first-order valence-corrected chi connectivity index (χ1v) is 3.80. The Morgan fingerprint density at radius 1 is 1.17 bits per heavy atom. The normalized spacial score (nSPS) is 8.17. The van der Waals surface area contributed by atoms with E-state index in [0.717, 1.165) is 4.47 Å². The summed E-state index contributed by atoms with van der Waals surface area (Å²) in [5.74, 6) is 5.14. The van der Waals surface area contributed by atoms with Gasteiger partial charge in [-0.25, -0.2) is 0 Å². The molecular formula is C7H11BrCl2N2. The van der Waals surface area contributed by atoms with Crippen LogP contribution in [0.2, 0.25) is 0 Å². The first-order valence-electron chi connectivity index (χ1n) is 3.01. The summed E-state index contributed by atoms with van der Waals surface area (Å²) in [4.78, 5) is 0. The Morgan fingerprint density at radius 3 is 2.08 bits per heavy atom. The van der Waals surface area contributed by atoms with Crippen LogP contribution in [0.4, 0.5) is 0 Å². The molecule has 0 aliphatic carbocycles. The van der Waals surface area contributed by atoms with Crippen LogP contribution in [0.3, 0.4) is 0 Å². The zero-order chi connectivity index (χ0) is 7.40. The average molecular weight is 274 g/mol. The maximum Gasteiger partial charge on any atom is 0.0348 e. The lowest BCUT2D eigenvalue weighted by molar-refractivity contribution is 0.741. The number of nitrogens with one attached hydrogen (secondary N) is 1. The van der Waals surface area contributed by atoms with Crippen molar-refractivity contribution < 1.29 is 0 Å². The summed E-state index contributed by atoms with van der Waals surface area (Å²) in [7, 11) is 0. The highest BCUT2D eigenvalue weighted by Crippen LogP contribution is 2.09. The van der Waals surface area contributed by atoms with Gasteiger partial charge < -0.3 is 0 Å². The first-order chi connectivity index (χ1) is 4.83. The summed E-state index contributed by atoms with van der Waals surface area (Å²) in [5, 5.41) is 0. The Kier molecular flexibility index (Phi) is 9.60. The maximum absolute atomic E-state index is 5.14. The molecule has 0 radical (unpaired) electrons. The summed E-state index contributed by atoms with van der Waals surface area (Å²) in [6, 6.07) is 8.02. The van der Waals surface area contributed by atoms with E-state index >= 15 is 0 Å². The van der Waals surface area contributed by atoms with E-state index in [1.165, 1.54) is 5.56 Å². The molecule has 0 fully saturated rings. The molecule has 0 spiro atoms. The van der Waals surface area contributed by atoms with Crippen molar-refractivity contribution >= 4 is 40.7 Å². The minimum absolute atomic E-state index is 0. The fourth-order valence-electron chi connectivity index (χ4n) is 0.720. The topological polar surface area (TPSA) is 38.0 Å². The van der Waals surface area contributed by atoms with Crippen molar-refractivity contribution in [2.45, 2.75) is 6.54 Å². The third-order valence-corrected chi connectivity index (χ3v) is 1.75. The zero-order valence-corrected chi connectivity index (χ0v) is 9.51. The summed E-state index contributed by atoms with van der Waals surface area (Å²) in [5.41, 5.74) is 3.77. The molecule has 3 N–H and O–H groups in total. The van der Waals surface area contributed by atoms with Crippen LogP contribution >= 0.6 is 40.7 Å². The molecular weight excluding hydrogens is 263 g/mol. The molecule has 2 nitrogen and oxygen atoms in total. The molecule has 0 aliphatic heterocycles. The van der Waals surface area contributed by atoms with Crippen molar-refractivity contribution in [1.29, 1.82) is 0 Å². The molecule has 0 saturated carbocycles. The lowest BCUT2D eigenvalue weighted by atomic mass is 10.2. The predicted molar refractivity (Wildman–Crippen MR) is 59.7 cm³/mol. The van der Waals surface area contributed by atoms with Gasteiger partial charge in [0.05, 0.1) is 0 Å². The Labute approximate surface area is 92.8 Å². The Balaban J connectivity index is 0. The van der Waals surface area contributed by atoms with Gasteiger partial charge in [-0.3, -0.25) is 11.3 Å². The number of halogens is 3. The van der Waals surface area contributed by atoms with E-state index in [9.17, 15) is 0 Å². The van der Waals surface area contributed by atoms with Gasteiger partial charge in [0.15, 0.2) is 0 Å². The molecule has 5 heteroatoms. The minimum atomic E-state index is 0. The second-order valence-corrected chi connectivity index (χ2v) is 2.92. The number of hydrazine groups is 1. The predicted octanol–water partition coefficient (Wildman–Crippen LogP) is 2.26. The molecule has 0 amide bonds. The summed E-state index contributed by atoms with van der Waals surface area (Å²) in [6.07, 6.45) is 0. The van der Waals surface area contributed by atoms with E-state index in [1.54, 1.807) is 0 Å². The fourth-order valence-corrected chi connectivity index (χ4v) is 0.984. The van der Waals surface area contributed by atoms with Crippen molar-refractivity contribution in [3.05, 3.63) is 34.3 Å². The highest BCUT2D eigenvalue weighted by Gasteiger charge is 1.88. The molecule has 0 unspecified atom stereocenters. The fraction of sp³-hybridized carbons (Fsp3) is 0.143. The van der Waals surface area contributed by atoms with E-state index in [2.05, 4.69) is 21.4 Å². The van der Waals surface area contributed by atoms with Crippen LogP contribution in [0, 0.1) is 0 Å². The van der Waals surface area contributed by atoms with Crippen molar-refractivity contribution in [2.24, 2.45) is 5.84 Å². The highest BCUT2D eigenvalue weighted by molar-refractivity contribution is 9.10. The molecule has 1 aromatic carbocycles. The Hall–Kier alpha value is 0.200. The maximum atomic E-state index is 5.14. The van der Waals surface area contributed by atoms with Gasteiger partial charge in [-0.05, 0) is 17.7 Å². The van der Waals surface area contributed by atoms with Crippen molar-refractivity contribution in [3.8, 4) is 0 Å².